The second-order valence-electron chi connectivity index (χ2n) is 5.92. The molecule has 5 heteroatoms. The molecular formula is C19H17N3O2. The van der Waals surface area contributed by atoms with Crippen LogP contribution in [0.3, 0.4) is 0 Å². The number of amides is 1. The average Bonchev–Trinajstić information content (AvgIpc) is 3.46. The van der Waals surface area contributed by atoms with Crippen LogP contribution in [0, 0.1) is 5.92 Å². The maximum Gasteiger partial charge on any atom is 0.229 e. The fourth-order valence-electron chi connectivity index (χ4n) is 2.70. The highest BCUT2D eigenvalue weighted by molar-refractivity contribution is 5.96. The van der Waals surface area contributed by atoms with Crippen molar-refractivity contribution in [1.82, 2.24) is 9.97 Å². The predicted octanol–water partition coefficient (Wildman–Crippen LogP) is 3.65. The van der Waals surface area contributed by atoms with Crippen molar-refractivity contribution in [2.75, 3.05) is 12.4 Å². The third kappa shape index (κ3) is 2.80. The molecule has 1 saturated carbocycles. The van der Waals surface area contributed by atoms with Crippen molar-refractivity contribution < 1.29 is 9.53 Å². The highest BCUT2D eigenvalue weighted by Crippen LogP contribution is 2.31. The molecule has 24 heavy (non-hydrogen) atoms. The average molecular weight is 319 g/mol. The van der Waals surface area contributed by atoms with Gasteiger partial charge in [0.2, 0.25) is 11.9 Å². The van der Waals surface area contributed by atoms with Crippen LogP contribution in [0.15, 0.2) is 48.7 Å². The van der Waals surface area contributed by atoms with Gasteiger partial charge in [0.1, 0.15) is 5.75 Å². The zero-order valence-electron chi connectivity index (χ0n) is 13.3. The molecule has 0 unspecified atom stereocenters. The third-order valence-electron chi connectivity index (χ3n) is 4.21. The molecule has 1 heterocycles. The van der Waals surface area contributed by atoms with Crippen molar-refractivity contribution in [2.24, 2.45) is 5.92 Å². The van der Waals surface area contributed by atoms with Crippen LogP contribution in [0.2, 0.25) is 0 Å². The Bertz CT molecular complexity index is 902. The summed E-state index contributed by atoms with van der Waals surface area (Å²) in [5.74, 6) is 1.34. The molecule has 3 aromatic rings. The van der Waals surface area contributed by atoms with Gasteiger partial charge in [-0.05, 0) is 42.2 Å². The second kappa shape index (κ2) is 5.92. The zero-order chi connectivity index (χ0) is 16.5. The van der Waals surface area contributed by atoms with Gasteiger partial charge in [0.15, 0.2) is 0 Å². The number of anilines is 1. The van der Waals surface area contributed by atoms with Crippen LogP contribution in [0.1, 0.15) is 12.8 Å². The van der Waals surface area contributed by atoms with Gasteiger partial charge < -0.3 is 4.74 Å². The van der Waals surface area contributed by atoms with Gasteiger partial charge in [0.25, 0.3) is 0 Å². The Kier molecular flexibility index (Phi) is 3.61. The minimum absolute atomic E-state index is 0.0145. The van der Waals surface area contributed by atoms with E-state index in [1.807, 2.05) is 42.5 Å². The van der Waals surface area contributed by atoms with E-state index in [2.05, 4.69) is 15.3 Å². The van der Waals surface area contributed by atoms with Gasteiger partial charge >= 0.3 is 0 Å². The number of hydrogen-bond donors (Lipinski definition) is 1. The summed E-state index contributed by atoms with van der Waals surface area (Å²) in [7, 11) is 1.65. The van der Waals surface area contributed by atoms with Crippen LogP contribution in [0.5, 0.6) is 5.75 Å². The van der Waals surface area contributed by atoms with Crippen molar-refractivity contribution in [3.63, 3.8) is 0 Å². The van der Waals surface area contributed by atoms with E-state index in [-0.39, 0.29) is 11.8 Å². The van der Waals surface area contributed by atoms with Crippen LogP contribution >= 0.6 is 0 Å². The number of carbonyl (C=O) groups excluding carboxylic acids is 1. The number of nitrogens with one attached hydrogen (secondary N) is 1. The van der Waals surface area contributed by atoms with Crippen molar-refractivity contribution in [1.29, 1.82) is 0 Å². The van der Waals surface area contributed by atoms with Gasteiger partial charge in [-0.25, -0.2) is 9.97 Å². The lowest BCUT2D eigenvalue weighted by Crippen LogP contribution is -2.15. The molecule has 0 radical (unpaired) electrons. The lowest BCUT2D eigenvalue weighted by Gasteiger charge is -2.09. The first-order valence-electron chi connectivity index (χ1n) is 7.95. The number of carbonyl (C=O) groups is 1. The number of methoxy groups -OCH3 is 1. The van der Waals surface area contributed by atoms with Crippen LogP contribution in [-0.4, -0.2) is 23.0 Å². The van der Waals surface area contributed by atoms with E-state index in [9.17, 15) is 4.79 Å². The topological polar surface area (TPSA) is 64.1 Å². The normalized spacial score (nSPS) is 13.7. The molecule has 5 nitrogen and oxygen atoms in total. The minimum Gasteiger partial charge on any atom is -0.497 e. The van der Waals surface area contributed by atoms with Crippen molar-refractivity contribution in [3.05, 3.63) is 48.7 Å². The monoisotopic (exact) mass is 319 g/mol. The summed E-state index contributed by atoms with van der Waals surface area (Å²) in [5.41, 5.74) is 2.93. The van der Waals surface area contributed by atoms with E-state index < -0.39 is 0 Å². The molecule has 1 aliphatic carbocycles. The molecular weight excluding hydrogens is 302 g/mol. The molecule has 120 valence electrons. The Morgan fingerprint density at radius 2 is 1.96 bits per heavy atom. The maximum absolute atomic E-state index is 11.9. The summed E-state index contributed by atoms with van der Waals surface area (Å²) < 4.78 is 5.20. The summed E-state index contributed by atoms with van der Waals surface area (Å²) >= 11 is 0. The number of fused-ring (bicyclic) bond motifs is 1. The van der Waals surface area contributed by atoms with Gasteiger partial charge in [0.05, 0.1) is 12.6 Å². The molecule has 1 aliphatic rings. The molecule has 0 bridgehead atoms. The first-order chi connectivity index (χ1) is 11.7. The SMILES string of the molecule is COc1ccc(-c2cccc3nc(NC(=O)C4CC4)ncc23)cc1. The number of ether oxygens (including phenoxy) is 1. The number of hydrogen-bond acceptors (Lipinski definition) is 4. The second-order valence-corrected chi connectivity index (χ2v) is 5.92. The highest BCUT2D eigenvalue weighted by Gasteiger charge is 2.30. The lowest BCUT2D eigenvalue weighted by atomic mass is 10.0. The first kappa shape index (κ1) is 14.6. The molecule has 0 atom stereocenters. The van der Waals surface area contributed by atoms with Crippen molar-refractivity contribution >= 4 is 22.8 Å². The van der Waals surface area contributed by atoms with E-state index in [1.54, 1.807) is 13.3 Å². The van der Waals surface area contributed by atoms with E-state index in [4.69, 9.17) is 4.74 Å². The van der Waals surface area contributed by atoms with Gasteiger partial charge in [-0.1, -0.05) is 24.3 Å². The van der Waals surface area contributed by atoms with Crippen LogP contribution in [0.4, 0.5) is 5.95 Å². The summed E-state index contributed by atoms with van der Waals surface area (Å²) in [6, 6.07) is 13.8. The molecule has 4 rings (SSSR count). The third-order valence-corrected chi connectivity index (χ3v) is 4.21. The molecule has 0 aliphatic heterocycles. The summed E-state index contributed by atoms with van der Waals surface area (Å²) in [6.45, 7) is 0. The van der Waals surface area contributed by atoms with E-state index >= 15 is 0 Å². The fraction of sp³-hybridized carbons (Fsp3) is 0.211. The smallest absolute Gasteiger partial charge is 0.229 e. The van der Waals surface area contributed by atoms with Crippen LogP contribution in [-0.2, 0) is 4.79 Å². The van der Waals surface area contributed by atoms with E-state index in [1.165, 1.54) is 0 Å². The van der Waals surface area contributed by atoms with Gasteiger partial charge in [-0.3, -0.25) is 10.1 Å². The minimum atomic E-state index is 0.0145. The Morgan fingerprint density at radius 3 is 2.67 bits per heavy atom. The largest absolute Gasteiger partial charge is 0.497 e. The van der Waals surface area contributed by atoms with Gasteiger partial charge in [-0.15, -0.1) is 0 Å². The van der Waals surface area contributed by atoms with Gasteiger partial charge in [0, 0.05) is 17.5 Å². The Labute approximate surface area is 139 Å². The number of rotatable bonds is 4. The molecule has 1 fully saturated rings. The lowest BCUT2D eigenvalue weighted by molar-refractivity contribution is -0.117. The molecule has 1 amide bonds. The van der Waals surface area contributed by atoms with Crippen LogP contribution < -0.4 is 10.1 Å². The molecule has 2 aromatic carbocycles. The summed E-state index contributed by atoms with van der Waals surface area (Å²) in [6.07, 6.45) is 3.69. The number of aromatic nitrogens is 2. The van der Waals surface area contributed by atoms with E-state index in [0.29, 0.717) is 5.95 Å². The number of benzene rings is 2. The molecule has 1 N–H and O–H groups in total. The summed E-state index contributed by atoms with van der Waals surface area (Å²) in [4.78, 5) is 20.6. The standard InChI is InChI=1S/C19H17N3O2/c1-24-14-9-7-12(8-10-14)15-3-2-4-17-16(15)11-20-19(21-17)22-18(23)13-5-6-13/h2-4,7-11,13H,5-6H2,1H3,(H,20,21,22,23). The summed E-state index contributed by atoms with van der Waals surface area (Å²) in [5, 5.41) is 3.74. The zero-order valence-corrected chi connectivity index (χ0v) is 13.3. The first-order valence-corrected chi connectivity index (χ1v) is 7.95. The number of nitrogens with zero attached hydrogens (tertiary/aromatic N) is 2. The van der Waals surface area contributed by atoms with Crippen molar-refractivity contribution in [3.8, 4) is 16.9 Å². The van der Waals surface area contributed by atoms with Crippen molar-refractivity contribution in [2.45, 2.75) is 12.8 Å². The Morgan fingerprint density at radius 1 is 1.17 bits per heavy atom. The van der Waals surface area contributed by atoms with Gasteiger partial charge in [-0.2, -0.15) is 0 Å². The molecule has 1 aromatic heterocycles. The molecule has 0 saturated heterocycles. The van der Waals surface area contributed by atoms with E-state index in [0.717, 1.165) is 40.6 Å². The molecule has 0 spiro atoms. The quantitative estimate of drug-likeness (QED) is 0.797. The van der Waals surface area contributed by atoms with Crippen LogP contribution in [0.25, 0.3) is 22.0 Å². The fourth-order valence-corrected chi connectivity index (χ4v) is 2.70. The maximum atomic E-state index is 11.9. The highest BCUT2D eigenvalue weighted by atomic mass is 16.5. The Hall–Kier alpha value is -2.95. The Balaban J connectivity index is 1.70. The predicted molar refractivity (Wildman–Crippen MR) is 92.9 cm³/mol.